The second-order valence-electron chi connectivity index (χ2n) is 7.37. The van der Waals surface area contributed by atoms with E-state index in [1.165, 1.54) is 0 Å². The van der Waals surface area contributed by atoms with Gasteiger partial charge < -0.3 is 11.1 Å². The summed E-state index contributed by atoms with van der Waals surface area (Å²) in [7, 11) is 1.89. The summed E-state index contributed by atoms with van der Waals surface area (Å²) in [6, 6.07) is 0.151. The lowest BCUT2D eigenvalue weighted by atomic mass is 9.83. The average molecular weight is 329 g/mol. The van der Waals surface area contributed by atoms with Gasteiger partial charge in [0.1, 0.15) is 0 Å². The minimum Gasteiger partial charge on any atom is -0.349 e. The van der Waals surface area contributed by atoms with Gasteiger partial charge in [-0.25, -0.2) is 0 Å². The third-order valence-corrected chi connectivity index (χ3v) is 4.39. The quantitative estimate of drug-likeness (QED) is 0.892. The van der Waals surface area contributed by atoms with Crippen LogP contribution in [0.15, 0.2) is 12.4 Å². The molecule has 0 aliphatic heterocycles. The van der Waals surface area contributed by atoms with E-state index < -0.39 is 0 Å². The van der Waals surface area contributed by atoms with Crippen molar-refractivity contribution < 1.29 is 4.79 Å². The van der Waals surface area contributed by atoms with Crippen LogP contribution in [0.4, 0.5) is 0 Å². The maximum atomic E-state index is 12.4. The van der Waals surface area contributed by atoms with Crippen molar-refractivity contribution in [3.05, 3.63) is 18.0 Å². The molecule has 0 bridgehead atoms. The molecule has 3 N–H and O–H groups in total. The highest BCUT2D eigenvalue weighted by atomic mass is 35.5. The molecule has 1 aliphatic rings. The monoisotopic (exact) mass is 328 g/mol. The number of carbonyl (C=O) groups excluding carboxylic acids is 1. The molecule has 0 saturated heterocycles. The van der Waals surface area contributed by atoms with Crippen LogP contribution in [0.3, 0.4) is 0 Å². The fourth-order valence-corrected chi connectivity index (χ4v) is 3.17. The Hall–Kier alpha value is -1.07. The number of aryl methyl sites for hydroxylation is 1. The normalized spacial score (nSPS) is 23.0. The predicted molar refractivity (Wildman–Crippen MR) is 90.7 cm³/mol. The number of nitrogens with one attached hydrogen (secondary N) is 1. The zero-order chi connectivity index (χ0) is 15.6. The number of amides is 1. The first kappa shape index (κ1) is 19.0. The van der Waals surface area contributed by atoms with E-state index in [1.54, 1.807) is 4.68 Å². The number of nitrogens with zero attached hydrogens (tertiary/aromatic N) is 2. The van der Waals surface area contributed by atoms with Crippen LogP contribution in [0.5, 0.6) is 0 Å². The highest BCUT2D eigenvalue weighted by Crippen LogP contribution is 2.33. The molecular formula is C16H29ClN4O. The summed E-state index contributed by atoms with van der Waals surface area (Å²) in [5.74, 6) is 0.431. The minimum atomic E-state index is -0.0590. The number of hydrogen-bond acceptors (Lipinski definition) is 3. The lowest BCUT2D eigenvalue weighted by Gasteiger charge is -2.31. The average Bonchev–Trinajstić information content (AvgIpc) is 2.95. The van der Waals surface area contributed by atoms with Crippen LogP contribution in [0.2, 0.25) is 0 Å². The third-order valence-electron chi connectivity index (χ3n) is 4.39. The molecule has 3 atom stereocenters. The number of nitrogens with two attached hydrogens (primary N) is 1. The number of aromatic nitrogens is 2. The molecule has 126 valence electrons. The molecule has 1 aromatic rings. The molecule has 6 heteroatoms. The Morgan fingerprint density at radius 1 is 1.50 bits per heavy atom. The van der Waals surface area contributed by atoms with Crippen LogP contribution in [0.25, 0.3) is 0 Å². The third kappa shape index (κ3) is 4.71. The van der Waals surface area contributed by atoms with Crippen molar-refractivity contribution >= 4 is 18.3 Å². The summed E-state index contributed by atoms with van der Waals surface area (Å²) in [6.45, 7) is 6.39. The summed E-state index contributed by atoms with van der Waals surface area (Å²) < 4.78 is 1.77. The first-order valence-electron chi connectivity index (χ1n) is 7.81. The van der Waals surface area contributed by atoms with Gasteiger partial charge in [-0.05, 0) is 24.2 Å². The molecule has 1 saturated carbocycles. The van der Waals surface area contributed by atoms with E-state index >= 15 is 0 Å². The smallest absolute Gasteiger partial charge is 0.220 e. The van der Waals surface area contributed by atoms with Gasteiger partial charge in [-0.15, -0.1) is 12.4 Å². The van der Waals surface area contributed by atoms with E-state index in [9.17, 15) is 4.79 Å². The Kier molecular flexibility index (Phi) is 6.44. The van der Waals surface area contributed by atoms with Gasteiger partial charge in [0.25, 0.3) is 0 Å². The summed E-state index contributed by atoms with van der Waals surface area (Å²) >= 11 is 0. The molecule has 1 aromatic heterocycles. The van der Waals surface area contributed by atoms with Gasteiger partial charge in [-0.1, -0.05) is 27.2 Å². The molecule has 22 heavy (non-hydrogen) atoms. The predicted octanol–water partition coefficient (Wildman–Crippen LogP) is 2.56. The molecule has 1 unspecified atom stereocenters. The van der Waals surface area contributed by atoms with Crippen molar-refractivity contribution in [3.8, 4) is 0 Å². The topological polar surface area (TPSA) is 72.9 Å². The molecule has 1 heterocycles. The molecular weight excluding hydrogens is 300 g/mol. The summed E-state index contributed by atoms with van der Waals surface area (Å²) in [5.41, 5.74) is 7.06. The SMILES string of the molecule is Cl.Cn1cc(C(NC(=O)C[C@@H]2CCC[C@H]2N)C(C)(C)C)cn1. The van der Waals surface area contributed by atoms with E-state index in [0.717, 1.165) is 24.8 Å². The van der Waals surface area contributed by atoms with Crippen molar-refractivity contribution in [2.24, 2.45) is 24.1 Å². The van der Waals surface area contributed by atoms with Gasteiger partial charge in [0, 0.05) is 31.3 Å². The summed E-state index contributed by atoms with van der Waals surface area (Å²) in [6.07, 6.45) is 7.60. The van der Waals surface area contributed by atoms with Crippen molar-refractivity contribution in [2.45, 2.75) is 58.5 Å². The first-order chi connectivity index (χ1) is 9.77. The molecule has 5 nitrogen and oxygen atoms in total. The van der Waals surface area contributed by atoms with Crippen LogP contribution in [-0.4, -0.2) is 21.7 Å². The van der Waals surface area contributed by atoms with Crippen molar-refractivity contribution in [3.63, 3.8) is 0 Å². The molecule has 1 amide bonds. The molecule has 1 fully saturated rings. The fraction of sp³-hybridized carbons (Fsp3) is 0.750. The van der Waals surface area contributed by atoms with Crippen molar-refractivity contribution in [1.29, 1.82) is 0 Å². The lowest BCUT2D eigenvalue weighted by Crippen LogP contribution is -2.38. The molecule has 2 rings (SSSR count). The Labute approximate surface area is 139 Å². The largest absolute Gasteiger partial charge is 0.349 e. The van der Waals surface area contributed by atoms with E-state index in [-0.39, 0.29) is 35.8 Å². The van der Waals surface area contributed by atoms with Crippen molar-refractivity contribution in [2.75, 3.05) is 0 Å². The van der Waals surface area contributed by atoms with Crippen LogP contribution >= 0.6 is 12.4 Å². The van der Waals surface area contributed by atoms with Gasteiger partial charge in [-0.3, -0.25) is 9.48 Å². The highest BCUT2D eigenvalue weighted by molar-refractivity contribution is 5.85. The second kappa shape index (κ2) is 7.47. The molecule has 0 radical (unpaired) electrons. The Bertz CT molecular complexity index is 495. The van der Waals surface area contributed by atoms with Crippen LogP contribution < -0.4 is 11.1 Å². The van der Waals surface area contributed by atoms with Gasteiger partial charge >= 0.3 is 0 Å². The van der Waals surface area contributed by atoms with Crippen LogP contribution in [0, 0.1) is 11.3 Å². The van der Waals surface area contributed by atoms with E-state index in [0.29, 0.717) is 12.3 Å². The summed E-state index contributed by atoms with van der Waals surface area (Å²) in [5, 5.41) is 7.41. The Morgan fingerprint density at radius 2 is 2.18 bits per heavy atom. The lowest BCUT2D eigenvalue weighted by molar-refractivity contribution is -0.123. The van der Waals surface area contributed by atoms with Gasteiger partial charge in [0.2, 0.25) is 5.91 Å². The number of rotatable bonds is 4. The Balaban J connectivity index is 0.00000242. The molecule has 0 aromatic carbocycles. The van der Waals surface area contributed by atoms with Crippen LogP contribution in [0.1, 0.15) is 58.1 Å². The van der Waals surface area contributed by atoms with Crippen molar-refractivity contribution in [1.82, 2.24) is 15.1 Å². The molecule has 0 spiro atoms. The maximum absolute atomic E-state index is 12.4. The zero-order valence-electron chi connectivity index (χ0n) is 14.0. The summed E-state index contributed by atoms with van der Waals surface area (Å²) in [4.78, 5) is 12.4. The fourth-order valence-electron chi connectivity index (χ4n) is 3.17. The number of halogens is 1. The van der Waals surface area contributed by atoms with E-state index in [4.69, 9.17) is 5.73 Å². The maximum Gasteiger partial charge on any atom is 0.220 e. The second-order valence-corrected chi connectivity index (χ2v) is 7.37. The zero-order valence-corrected chi connectivity index (χ0v) is 14.8. The number of carbonyl (C=O) groups is 1. The minimum absolute atomic E-state index is 0. The Morgan fingerprint density at radius 3 is 2.64 bits per heavy atom. The highest BCUT2D eigenvalue weighted by Gasteiger charge is 2.31. The van der Waals surface area contributed by atoms with E-state index in [2.05, 4.69) is 31.2 Å². The van der Waals surface area contributed by atoms with Crippen LogP contribution in [-0.2, 0) is 11.8 Å². The molecule has 1 aliphatic carbocycles. The van der Waals surface area contributed by atoms with Gasteiger partial charge in [0.05, 0.1) is 12.2 Å². The first-order valence-corrected chi connectivity index (χ1v) is 7.81. The van der Waals surface area contributed by atoms with Gasteiger partial charge in [-0.2, -0.15) is 5.10 Å². The number of hydrogen-bond donors (Lipinski definition) is 2. The standard InChI is InChI=1S/C16H28N4O.ClH/c1-16(2,3)15(12-9-18-20(4)10-12)19-14(21)8-11-6-5-7-13(11)17;/h9-11,13,15H,5-8,17H2,1-4H3,(H,19,21);1H/t11-,13+,15?;/m0./s1. The van der Waals surface area contributed by atoms with E-state index in [1.807, 2.05) is 19.4 Å². The van der Waals surface area contributed by atoms with Gasteiger partial charge in [0.15, 0.2) is 0 Å².